The van der Waals surface area contributed by atoms with Crippen molar-refractivity contribution in [2.24, 2.45) is 0 Å². The maximum absolute atomic E-state index is 10.9. The molecule has 0 amide bonds. The van der Waals surface area contributed by atoms with E-state index in [1.165, 1.54) is 10.9 Å². The molecular formula is C12H11BrN2O2S. The van der Waals surface area contributed by atoms with Gasteiger partial charge in [-0.1, -0.05) is 22.0 Å². The number of nitrogens with one attached hydrogen (secondary N) is 1. The molecule has 1 aromatic carbocycles. The molecule has 2 aromatic rings. The third-order valence-electron chi connectivity index (χ3n) is 2.44. The highest BCUT2D eigenvalue weighted by molar-refractivity contribution is 9.10. The summed E-state index contributed by atoms with van der Waals surface area (Å²) in [5.41, 5.74) is 0.836. The number of halogens is 1. The summed E-state index contributed by atoms with van der Waals surface area (Å²) in [5.74, 6) is 0. The van der Waals surface area contributed by atoms with Crippen molar-refractivity contribution in [3.8, 4) is 0 Å². The molecule has 0 unspecified atom stereocenters. The van der Waals surface area contributed by atoms with E-state index in [0.717, 1.165) is 11.0 Å². The first-order chi connectivity index (χ1) is 8.66. The van der Waals surface area contributed by atoms with Crippen molar-refractivity contribution in [1.29, 1.82) is 0 Å². The van der Waals surface area contributed by atoms with E-state index in [9.17, 15) is 10.1 Å². The summed E-state index contributed by atoms with van der Waals surface area (Å²) in [6.45, 7) is 1.21. The molecular weight excluding hydrogens is 316 g/mol. The fraction of sp³-hybridized carbons (Fsp3) is 0.167. The summed E-state index contributed by atoms with van der Waals surface area (Å²) >= 11 is 4.91. The Morgan fingerprint density at radius 3 is 2.83 bits per heavy atom. The third kappa shape index (κ3) is 3.38. The Balaban J connectivity index is 2.02. The van der Waals surface area contributed by atoms with Gasteiger partial charge in [0.25, 0.3) is 5.69 Å². The Morgan fingerprint density at radius 2 is 2.17 bits per heavy atom. The summed E-state index contributed by atoms with van der Waals surface area (Å²) in [6.07, 6.45) is 0. The van der Waals surface area contributed by atoms with E-state index >= 15 is 0 Å². The van der Waals surface area contributed by atoms with E-state index in [4.69, 9.17) is 0 Å². The first-order valence-corrected chi connectivity index (χ1v) is 7.00. The van der Waals surface area contributed by atoms with Crippen molar-refractivity contribution in [3.63, 3.8) is 0 Å². The smallest absolute Gasteiger partial charge is 0.275 e. The predicted octanol–water partition coefficient (Wildman–Crippen LogP) is 3.71. The highest BCUT2D eigenvalue weighted by Gasteiger charge is 2.13. The maximum Gasteiger partial charge on any atom is 0.275 e. The number of rotatable bonds is 5. The van der Waals surface area contributed by atoms with E-state index in [-0.39, 0.29) is 10.6 Å². The molecule has 6 heteroatoms. The topological polar surface area (TPSA) is 55.2 Å². The predicted molar refractivity (Wildman–Crippen MR) is 75.7 cm³/mol. The second kappa shape index (κ2) is 6.08. The lowest BCUT2D eigenvalue weighted by Gasteiger charge is -2.05. The van der Waals surface area contributed by atoms with Gasteiger partial charge in [-0.25, -0.2) is 0 Å². The van der Waals surface area contributed by atoms with Crippen LogP contribution in [0.15, 0.2) is 40.2 Å². The molecule has 0 atom stereocenters. The van der Waals surface area contributed by atoms with Gasteiger partial charge in [-0.3, -0.25) is 10.1 Å². The summed E-state index contributed by atoms with van der Waals surface area (Å²) in [5, 5.41) is 16.1. The molecule has 0 radical (unpaired) electrons. The van der Waals surface area contributed by atoms with E-state index < -0.39 is 0 Å². The van der Waals surface area contributed by atoms with Crippen molar-refractivity contribution in [3.05, 3.63) is 60.7 Å². The summed E-state index contributed by atoms with van der Waals surface area (Å²) in [4.78, 5) is 11.8. The summed E-state index contributed by atoms with van der Waals surface area (Å²) in [7, 11) is 0. The van der Waals surface area contributed by atoms with Gasteiger partial charge in [-0.2, -0.15) is 0 Å². The molecule has 0 spiro atoms. The van der Waals surface area contributed by atoms with E-state index in [1.54, 1.807) is 17.4 Å². The number of nitro benzene ring substituents is 1. The van der Waals surface area contributed by atoms with Crippen molar-refractivity contribution in [2.75, 3.05) is 0 Å². The van der Waals surface area contributed by atoms with Crippen molar-refractivity contribution in [1.82, 2.24) is 5.32 Å². The third-order valence-corrected chi connectivity index (χ3v) is 3.81. The monoisotopic (exact) mass is 326 g/mol. The minimum atomic E-state index is -0.354. The zero-order chi connectivity index (χ0) is 13.0. The first-order valence-electron chi connectivity index (χ1n) is 5.33. The molecule has 1 heterocycles. The molecule has 0 bridgehead atoms. The van der Waals surface area contributed by atoms with Crippen LogP contribution in [0.5, 0.6) is 0 Å². The standard InChI is InChI=1S/C12H11BrN2O2S/c13-10-4-3-9(12(6-10)15(16)17)7-14-8-11-2-1-5-18-11/h1-6,14H,7-8H2. The van der Waals surface area contributed by atoms with Gasteiger partial charge in [0.2, 0.25) is 0 Å². The fourth-order valence-corrected chi connectivity index (χ4v) is 2.61. The van der Waals surface area contributed by atoms with Crippen molar-refractivity contribution < 1.29 is 4.92 Å². The van der Waals surface area contributed by atoms with Crippen molar-refractivity contribution in [2.45, 2.75) is 13.1 Å². The van der Waals surface area contributed by atoms with E-state index in [2.05, 4.69) is 21.2 Å². The van der Waals surface area contributed by atoms with Gasteiger partial charge >= 0.3 is 0 Å². The SMILES string of the molecule is O=[N+]([O-])c1cc(Br)ccc1CNCc1cccs1. The summed E-state index contributed by atoms with van der Waals surface area (Å²) in [6, 6.07) is 9.14. The molecule has 18 heavy (non-hydrogen) atoms. The Kier molecular flexibility index (Phi) is 4.46. The van der Waals surface area contributed by atoms with Crippen LogP contribution in [-0.4, -0.2) is 4.92 Å². The molecule has 1 N–H and O–H groups in total. The second-order valence-corrected chi connectivity index (χ2v) is 5.66. The van der Waals surface area contributed by atoms with Crippen LogP contribution in [0.3, 0.4) is 0 Å². The average Bonchev–Trinajstić information content (AvgIpc) is 2.84. The van der Waals surface area contributed by atoms with Gasteiger partial charge in [0.15, 0.2) is 0 Å². The van der Waals surface area contributed by atoms with Crippen LogP contribution < -0.4 is 5.32 Å². The number of thiophene rings is 1. The molecule has 1 aromatic heterocycles. The quantitative estimate of drug-likeness (QED) is 0.673. The highest BCUT2D eigenvalue weighted by Crippen LogP contribution is 2.23. The zero-order valence-corrected chi connectivity index (χ0v) is 11.8. The van der Waals surface area contributed by atoms with Gasteiger partial charge in [-0.15, -0.1) is 11.3 Å². The normalized spacial score (nSPS) is 10.5. The molecule has 0 aliphatic heterocycles. The molecule has 0 saturated carbocycles. The van der Waals surface area contributed by atoms with Gasteiger partial charge in [0.1, 0.15) is 0 Å². The number of benzene rings is 1. The van der Waals surface area contributed by atoms with Gasteiger partial charge in [-0.05, 0) is 23.6 Å². The lowest BCUT2D eigenvalue weighted by atomic mass is 10.2. The molecule has 4 nitrogen and oxygen atoms in total. The van der Waals surface area contributed by atoms with Crippen LogP contribution in [0, 0.1) is 10.1 Å². The molecule has 0 saturated heterocycles. The molecule has 0 aliphatic rings. The Labute approximate surface area is 117 Å². The minimum absolute atomic E-state index is 0.142. The highest BCUT2D eigenvalue weighted by atomic mass is 79.9. The lowest BCUT2D eigenvalue weighted by Crippen LogP contribution is -2.13. The number of nitro groups is 1. The van der Waals surface area contributed by atoms with Crippen LogP contribution in [0.1, 0.15) is 10.4 Å². The number of hydrogen-bond acceptors (Lipinski definition) is 4. The van der Waals surface area contributed by atoms with Gasteiger partial charge in [0.05, 0.1) is 4.92 Å². The Bertz CT molecular complexity index is 543. The van der Waals surface area contributed by atoms with E-state index in [1.807, 2.05) is 23.6 Å². The van der Waals surface area contributed by atoms with Gasteiger partial charge in [0, 0.05) is 34.1 Å². The van der Waals surface area contributed by atoms with Crippen LogP contribution in [0.4, 0.5) is 5.69 Å². The van der Waals surface area contributed by atoms with E-state index in [0.29, 0.717) is 12.1 Å². The first kappa shape index (κ1) is 13.2. The summed E-state index contributed by atoms with van der Waals surface area (Å²) < 4.78 is 0.719. The number of nitrogens with zero attached hydrogens (tertiary/aromatic N) is 1. The van der Waals surface area contributed by atoms with Crippen LogP contribution in [-0.2, 0) is 13.1 Å². The number of hydrogen-bond donors (Lipinski definition) is 1. The zero-order valence-electron chi connectivity index (χ0n) is 9.43. The Morgan fingerprint density at radius 1 is 1.33 bits per heavy atom. The Hall–Kier alpha value is -1.24. The largest absolute Gasteiger partial charge is 0.308 e. The maximum atomic E-state index is 10.9. The molecule has 0 aliphatic carbocycles. The van der Waals surface area contributed by atoms with Crippen molar-refractivity contribution >= 4 is 33.0 Å². The minimum Gasteiger partial charge on any atom is -0.308 e. The van der Waals surface area contributed by atoms with Gasteiger partial charge < -0.3 is 5.32 Å². The van der Waals surface area contributed by atoms with Crippen LogP contribution in [0.25, 0.3) is 0 Å². The molecule has 2 rings (SSSR count). The fourth-order valence-electron chi connectivity index (χ4n) is 1.59. The van der Waals surface area contributed by atoms with Crippen LogP contribution in [0.2, 0.25) is 0 Å². The second-order valence-electron chi connectivity index (χ2n) is 3.71. The lowest BCUT2D eigenvalue weighted by molar-refractivity contribution is -0.385. The molecule has 0 fully saturated rings. The average molecular weight is 327 g/mol. The molecule has 94 valence electrons. The van der Waals surface area contributed by atoms with Crippen LogP contribution >= 0.6 is 27.3 Å².